The number of ether oxygens (including phenoxy) is 3. The van der Waals surface area contributed by atoms with E-state index in [0.717, 1.165) is 29.8 Å². The van der Waals surface area contributed by atoms with Crippen LogP contribution in [0.15, 0.2) is 47.5 Å². The van der Waals surface area contributed by atoms with Crippen LogP contribution in [0.3, 0.4) is 0 Å². The summed E-state index contributed by atoms with van der Waals surface area (Å²) in [6, 6.07) is 13.4. The predicted octanol–water partition coefficient (Wildman–Crippen LogP) is 3.94. The van der Waals surface area contributed by atoms with Crippen LogP contribution >= 0.6 is 24.0 Å². The lowest BCUT2D eigenvalue weighted by Gasteiger charge is -2.15. The number of aliphatic imine (C=N–C) groups is 1. The van der Waals surface area contributed by atoms with Gasteiger partial charge in [-0.05, 0) is 62.6 Å². The van der Waals surface area contributed by atoms with Crippen molar-refractivity contribution in [1.29, 1.82) is 0 Å². The molecule has 1 atom stereocenters. The lowest BCUT2D eigenvalue weighted by Crippen LogP contribution is -2.38. The summed E-state index contributed by atoms with van der Waals surface area (Å²) < 4.78 is 16.3. The Morgan fingerprint density at radius 1 is 1.03 bits per heavy atom. The smallest absolute Gasteiger partial charge is 0.191 e. The second kappa shape index (κ2) is 14.8. The maximum atomic E-state index is 10.6. The molecule has 2 aromatic rings. The van der Waals surface area contributed by atoms with Gasteiger partial charge in [0.25, 0.3) is 0 Å². The molecule has 0 saturated heterocycles. The number of guanidine groups is 1. The first-order valence-electron chi connectivity index (χ1n) is 10.6. The van der Waals surface area contributed by atoms with Crippen LogP contribution in [-0.4, -0.2) is 51.0 Å². The van der Waals surface area contributed by atoms with Crippen molar-refractivity contribution < 1.29 is 19.3 Å². The molecule has 2 rings (SSSR count). The van der Waals surface area contributed by atoms with Gasteiger partial charge in [0.15, 0.2) is 17.5 Å². The van der Waals surface area contributed by atoms with Crippen LogP contribution in [0.5, 0.6) is 17.2 Å². The standard InChI is InChI=1S/C24H35N3O4.HI/c1-6-25-24(26-13-12-18-10-11-22(29-4)23(14-18)30-5)27-16-21(28)19-8-7-9-20(15-19)31-17(2)3;/h7-11,14-15,17,21,28H,6,12-13,16H2,1-5H3,(H2,25,26,27);1H. The Labute approximate surface area is 208 Å². The maximum absolute atomic E-state index is 10.6. The third kappa shape index (κ3) is 9.12. The predicted molar refractivity (Wildman–Crippen MR) is 140 cm³/mol. The molecule has 32 heavy (non-hydrogen) atoms. The minimum atomic E-state index is -0.711. The van der Waals surface area contributed by atoms with E-state index >= 15 is 0 Å². The molecule has 0 bridgehead atoms. The van der Waals surface area contributed by atoms with Gasteiger partial charge in [0.1, 0.15) is 5.75 Å². The second-order valence-corrected chi connectivity index (χ2v) is 7.34. The number of benzene rings is 2. The van der Waals surface area contributed by atoms with Crippen LogP contribution in [0.4, 0.5) is 0 Å². The van der Waals surface area contributed by atoms with Gasteiger partial charge < -0.3 is 30.0 Å². The van der Waals surface area contributed by atoms with Crippen molar-refractivity contribution in [3.05, 3.63) is 53.6 Å². The number of nitrogens with zero attached hydrogens (tertiary/aromatic N) is 1. The van der Waals surface area contributed by atoms with E-state index in [1.807, 2.05) is 63.2 Å². The van der Waals surface area contributed by atoms with E-state index < -0.39 is 6.10 Å². The van der Waals surface area contributed by atoms with Crippen molar-refractivity contribution in [2.45, 2.75) is 39.4 Å². The third-order valence-corrected chi connectivity index (χ3v) is 4.54. The molecule has 0 aromatic heterocycles. The molecule has 178 valence electrons. The van der Waals surface area contributed by atoms with Crippen molar-refractivity contribution in [2.24, 2.45) is 4.99 Å². The Morgan fingerprint density at radius 2 is 1.78 bits per heavy atom. The number of methoxy groups -OCH3 is 2. The monoisotopic (exact) mass is 557 g/mol. The average Bonchev–Trinajstić information content (AvgIpc) is 2.76. The first-order valence-corrected chi connectivity index (χ1v) is 10.6. The van der Waals surface area contributed by atoms with Gasteiger partial charge >= 0.3 is 0 Å². The second-order valence-electron chi connectivity index (χ2n) is 7.34. The van der Waals surface area contributed by atoms with Crippen molar-refractivity contribution >= 4 is 29.9 Å². The molecule has 0 aliphatic heterocycles. The summed E-state index contributed by atoms with van der Waals surface area (Å²) in [5.41, 5.74) is 1.91. The van der Waals surface area contributed by atoms with E-state index in [1.54, 1.807) is 14.2 Å². The number of rotatable bonds is 11. The van der Waals surface area contributed by atoms with Crippen molar-refractivity contribution in [1.82, 2.24) is 10.6 Å². The van der Waals surface area contributed by atoms with Gasteiger partial charge in [-0.25, -0.2) is 0 Å². The molecule has 3 N–H and O–H groups in total. The first-order chi connectivity index (χ1) is 15.0. The molecule has 0 heterocycles. The number of aliphatic hydroxyl groups excluding tert-OH is 1. The third-order valence-electron chi connectivity index (χ3n) is 4.54. The minimum Gasteiger partial charge on any atom is -0.493 e. The Hall–Kier alpha value is -2.20. The highest BCUT2D eigenvalue weighted by Crippen LogP contribution is 2.27. The number of hydrogen-bond donors (Lipinski definition) is 3. The van der Waals surface area contributed by atoms with Gasteiger partial charge in [0.2, 0.25) is 0 Å². The maximum Gasteiger partial charge on any atom is 0.191 e. The van der Waals surface area contributed by atoms with Crippen LogP contribution in [-0.2, 0) is 6.42 Å². The summed E-state index contributed by atoms with van der Waals surface area (Å²) in [4.78, 5) is 4.53. The molecule has 0 aliphatic carbocycles. The molecule has 0 saturated carbocycles. The highest BCUT2D eigenvalue weighted by Gasteiger charge is 2.10. The zero-order chi connectivity index (χ0) is 22.6. The fourth-order valence-corrected chi connectivity index (χ4v) is 3.05. The van der Waals surface area contributed by atoms with Gasteiger partial charge in [-0.15, -0.1) is 24.0 Å². The van der Waals surface area contributed by atoms with Crippen LogP contribution in [0.2, 0.25) is 0 Å². The number of nitrogens with one attached hydrogen (secondary N) is 2. The normalized spacial score (nSPS) is 12.0. The molecule has 0 amide bonds. The van der Waals surface area contributed by atoms with E-state index in [0.29, 0.717) is 24.0 Å². The first kappa shape index (κ1) is 27.8. The van der Waals surface area contributed by atoms with E-state index in [4.69, 9.17) is 14.2 Å². The highest BCUT2D eigenvalue weighted by atomic mass is 127. The highest BCUT2D eigenvalue weighted by molar-refractivity contribution is 14.0. The molecular formula is C24H36IN3O4. The fraction of sp³-hybridized carbons (Fsp3) is 0.458. The van der Waals surface area contributed by atoms with Crippen LogP contribution < -0.4 is 24.8 Å². The number of aliphatic hydroxyl groups is 1. The van der Waals surface area contributed by atoms with Crippen LogP contribution in [0.25, 0.3) is 0 Å². The van der Waals surface area contributed by atoms with Gasteiger partial charge in [0, 0.05) is 13.1 Å². The quantitative estimate of drug-likeness (QED) is 0.221. The zero-order valence-electron chi connectivity index (χ0n) is 19.6. The van der Waals surface area contributed by atoms with Gasteiger partial charge in [-0.1, -0.05) is 18.2 Å². The zero-order valence-corrected chi connectivity index (χ0v) is 21.9. The van der Waals surface area contributed by atoms with Crippen LogP contribution in [0.1, 0.15) is 38.0 Å². The molecule has 7 nitrogen and oxygen atoms in total. The minimum absolute atomic E-state index is 0. The van der Waals surface area contributed by atoms with E-state index in [2.05, 4.69) is 15.6 Å². The average molecular weight is 557 g/mol. The summed E-state index contributed by atoms with van der Waals surface area (Å²) in [7, 11) is 3.26. The Bertz CT molecular complexity index is 846. The summed E-state index contributed by atoms with van der Waals surface area (Å²) in [5, 5.41) is 17.1. The molecule has 0 aliphatic rings. The topological polar surface area (TPSA) is 84.3 Å². The molecule has 2 aromatic carbocycles. The lowest BCUT2D eigenvalue weighted by molar-refractivity contribution is 0.185. The lowest BCUT2D eigenvalue weighted by atomic mass is 10.1. The van der Waals surface area contributed by atoms with E-state index in [1.165, 1.54) is 0 Å². The Balaban J connectivity index is 0.00000512. The summed E-state index contributed by atoms with van der Waals surface area (Å²) >= 11 is 0. The van der Waals surface area contributed by atoms with Crippen molar-refractivity contribution in [3.8, 4) is 17.2 Å². The van der Waals surface area contributed by atoms with Gasteiger partial charge in [0.05, 0.1) is 33.0 Å². The molecule has 0 spiro atoms. The Kier molecular flexibility index (Phi) is 12.9. The summed E-state index contributed by atoms with van der Waals surface area (Å²) in [6.07, 6.45) is 0.166. The van der Waals surface area contributed by atoms with Crippen LogP contribution in [0, 0.1) is 0 Å². The molecular weight excluding hydrogens is 521 g/mol. The fourth-order valence-electron chi connectivity index (χ4n) is 3.05. The largest absolute Gasteiger partial charge is 0.493 e. The molecule has 8 heteroatoms. The number of halogens is 1. The van der Waals surface area contributed by atoms with Crippen molar-refractivity contribution in [2.75, 3.05) is 33.9 Å². The van der Waals surface area contributed by atoms with E-state index in [-0.39, 0.29) is 36.6 Å². The van der Waals surface area contributed by atoms with Crippen molar-refractivity contribution in [3.63, 3.8) is 0 Å². The van der Waals surface area contributed by atoms with E-state index in [9.17, 15) is 5.11 Å². The number of hydrogen-bond acceptors (Lipinski definition) is 5. The Morgan fingerprint density at radius 3 is 2.44 bits per heavy atom. The molecule has 0 radical (unpaired) electrons. The summed E-state index contributed by atoms with van der Waals surface area (Å²) in [6.45, 7) is 7.63. The SMILES string of the molecule is CCNC(=NCC(O)c1cccc(OC(C)C)c1)NCCc1ccc(OC)c(OC)c1.I. The molecule has 0 fully saturated rings. The van der Waals surface area contributed by atoms with Gasteiger partial charge in [-0.3, -0.25) is 4.99 Å². The summed E-state index contributed by atoms with van der Waals surface area (Å²) in [5.74, 6) is 2.84. The molecule has 1 unspecified atom stereocenters. The van der Waals surface area contributed by atoms with Gasteiger partial charge in [-0.2, -0.15) is 0 Å².